The van der Waals surface area contributed by atoms with Gasteiger partial charge in [0.15, 0.2) is 0 Å². The second-order valence-electron chi connectivity index (χ2n) is 4.88. The van der Waals surface area contributed by atoms with Crippen molar-refractivity contribution in [1.29, 1.82) is 0 Å². The van der Waals surface area contributed by atoms with Crippen molar-refractivity contribution in [3.05, 3.63) is 42.0 Å². The van der Waals surface area contributed by atoms with Crippen LogP contribution in [0.5, 0.6) is 5.75 Å². The van der Waals surface area contributed by atoms with Gasteiger partial charge in [0.2, 0.25) is 5.91 Å². The van der Waals surface area contributed by atoms with Crippen molar-refractivity contribution < 1.29 is 9.90 Å². The van der Waals surface area contributed by atoms with Gasteiger partial charge in [-0.1, -0.05) is 12.1 Å². The predicted molar refractivity (Wildman–Crippen MR) is 77.5 cm³/mol. The Morgan fingerprint density at radius 3 is 2.76 bits per heavy atom. The number of benzene rings is 1. The van der Waals surface area contributed by atoms with Gasteiger partial charge < -0.3 is 20.7 Å². The highest BCUT2D eigenvalue weighted by Gasteiger charge is 2.14. The van der Waals surface area contributed by atoms with Gasteiger partial charge in [0, 0.05) is 20.0 Å². The van der Waals surface area contributed by atoms with Crippen LogP contribution in [-0.2, 0) is 24.7 Å². The summed E-state index contributed by atoms with van der Waals surface area (Å²) < 4.78 is 1.81. The van der Waals surface area contributed by atoms with E-state index < -0.39 is 6.04 Å². The highest BCUT2D eigenvalue weighted by atomic mass is 16.3. The predicted octanol–water partition coefficient (Wildman–Crippen LogP) is -0.251. The monoisotopic (exact) mass is 289 g/mol. The van der Waals surface area contributed by atoms with Crippen LogP contribution in [0.3, 0.4) is 0 Å². The molecule has 1 aromatic heterocycles. The lowest BCUT2D eigenvalue weighted by atomic mass is 10.1. The number of rotatable bonds is 6. The molecule has 0 aliphatic rings. The van der Waals surface area contributed by atoms with E-state index in [4.69, 9.17) is 5.73 Å². The minimum Gasteiger partial charge on any atom is -0.508 e. The summed E-state index contributed by atoms with van der Waals surface area (Å²) in [5.41, 5.74) is 6.78. The van der Waals surface area contributed by atoms with E-state index in [1.807, 2.05) is 11.6 Å². The number of nitrogens with two attached hydrogens (primary N) is 1. The SMILES string of the molecule is Cn1cnnc1CCNC(=O)[C@H](N)Cc1ccc(O)cc1. The van der Waals surface area contributed by atoms with Crippen LogP contribution in [0.25, 0.3) is 0 Å². The largest absolute Gasteiger partial charge is 0.508 e. The van der Waals surface area contributed by atoms with Gasteiger partial charge in [0.1, 0.15) is 17.9 Å². The third-order valence-electron chi connectivity index (χ3n) is 3.18. The maximum Gasteiger partial charge on any atom is 0.237 e. The quantitative estimate of drug-likeness (QED) is 0.680. The number of nitrogens with zero attached hydrogens (tertiary/aromatic N) is 3. The molecule has 1 atom stereocenters. The van der Waals surface area contributed by atoms with Crippen LogP contribution in [0.1, 0.15) is 11.4 Å². The summed E-state index contributed by atoms with van der Waals surface area (Å²) in [6, 6.07) is 6.04. The summed E-state index contributed by atoms with van der Waals surface area (Å²) >= 11 is 0. The Bertz CT molecular complexity index is 594. The topological polar surface area (TPSA) is 106 Å². The molecular formula is C14H19N5O2. The second-order valence-corrected chi connectivity index (χ2v) is 4.88. The Kier molecular flexibility index (Phi) is 4.89. The third-order valence-corrected chi connectivity index (χ3v) is 3.18. The van der Waals surface area contributed by atoms with E-state index in [2.05, 4.69) is 15.5 Å². The molecule has 7 nitrogen and oxygen atoms in total. The van der Waals surface area contributed by atoms with Crippen molar-refractivity contribution >= 4 is 5.91 Å². The number of amides is 1. The molecule has 0 aliphatic heterocycles. The molecule has 0 saturated heterocycles. The molecule has 1 aromatic carbocycles. The fraction of sp³-hybridized carbons (Fsp3) is 0.357. The smallest absolute Gasteiger partial charge is 0.237 e. The number of aryl methyl sites for hydroxylation is 1. The molecule has 0 aliphatic carbocycles. The zero-order chi connectivity index (χ0) is 15.2. The molecule has 0 radical (unpaired) electrons. The number of aromatic hydroxyl groups is 1. The van der Waals surface area contributed by atoms with Gasteiger partial charge in [-0.25, -0.2) is 0 Å². The highest BCUT2D eigenvalue weighted by Crippen LogP contribution is 2.10. The van der Waals surface area contributed by atoms with Crippen molar-refractivity contribution in [3.63, 3.8) is 0 Å². The zero-order valence-electron chi connectivity index (χ0n) is 11.9. The van der Waals surface area contributed by atoms with Gasteiger partial charge in [-0.3, -0.25) is 4.79 Å². The average molecular weight is 289 g/mol. The summed E-state index contributed by atoms with van der Waals surface area (Å²) in [4.78, 5) is 11.9. The first-order valence-corrected chi connectivity index (χ1v) is 6.70. The van der Waals surface area contributed by atoms with E-state index in [0.29, 0.717) is 19.4 Å². The van der Waals surface area contributed by atoms with Crippen LogP contribution >= 0.6 is 0 Å². The van der Waals surface area contributed by atoms with Crippen molar-refractivity contribution in [2.45, 2.75) is 18.9 Å². The fourth-order valence-corrected chi connectivity index (χ4v) is 1.94. The zero-order valence-corrected chi connectivity index (χ0v) is 11.9. The van der Waals surface area contributed by atoms with Crippen molar-refractivity contribution in [2.75, 3.05) is 6.54 Å². The molecule has 7 heteroatoms. The Hall–Kier alpha value is -2.41. The molecular weight excluding hydrogens is 270 g/mol. The molecule has 0 saturated carbocycles. The number of nitrogens with one attached hydrogen (secondary N) is 1. The Morgan fingerprint density at radius 2 is 2.14 bits per heavy atom. The summed E-state index contributed by atoms with van der Waals surface area (Å²) in [5, 5.41) is 19.7. The molecule has 1 heterocycles. The van der Waals surface area contributed by atoms with E-state index in [9.17, 15) is 9.90 Å². The Balaban J connectivity index is 1.77. The summed E-state index contributed by atoms with van der Waals surface area (Å²) in [6.07, 6.45) is 2.65. The van der Waals surface area contributed by atoms with E-state index in [0.717, 1.165) is 11.4 Å². The lowest BCUT2D eigenvalue weighted by Gasteiger charge is -2.12. The molecule has 21 heavy (non-hydrogen) atoms. The number of aromatic nitrogens is 3. The Labute approximate surface area is 122 Å². The summed E-state index contributed by atoms with van der Waals surface area (Å²) in [7, 11) is 1.85. The van der Waals surface area contributed by atoms with Crippen molar-refractivity contribution in [2.24, 2.45) is 12.8 Å². The molecule has 0 unspecified atom stereocenters. The van der Waals surface area contributed by atoms with Crippen LogP contribution in [0.2, 0.25) is 0 Å². The van der Waals surface area contributed by atoms with Gasteiger partial charge in [-0.2, -0.15) is 0 Å². The molecule has 2 aromatic rings. The maximum atomic E-state index is 11.9. The summed E-state index contributed by atoms with van der Waals surface area (Å²) in [5.74, 6) is 0.799. The second kappa shape index (κ2) is 6.85. The van der Waals surface area contributed by atoms with Crippen LogP contribution in [0.15, 0.2) is 30.6 Å². The number of phenolic OH excluding ortho intramolecular Hbond substituents is 1. The fourth-order valence-electron chi connectivity index (χ4n) is 1.94. The van der Waals surface area contributed by atoms with Gasteiger partial charge in [0.25, 0.3) is 0 Å². The minimum atomic E-state index is -0.617. The van der Waals surface area contributed by atoms with Crippen LogP contribution < -0.4 is 11.1 Å². The number of hydrogen-bond donors (Lipinski definition) is 3. The van der Waals surface area contributed by atoms with Gasteiger partial charge >= 0.3 is 0 Å². The molecule has 1 amide bonds. The first kappa shape index (κ1) is 15.0. The number of phenols is 1. The summed E-state index contributed by atoms with van der Waals surface area (Å²) in [6.45, 7) is 0.467. The first-order valence-electron chi connectivity index (χ1n) is 6.70. The van der Waals surface area contributed by atoms with E-state index in [1.165, 1.54) is 0 Å². The van der Waals surface area contributed by atoms with Crippen molar-refractivity contribution in [1.82, 2.24) is 20.1 Å². The van der Waals surface area contributed by atoms with E-state index in [-0.39, 0.29) is 11.7 Å². The van der Waals surface area contributed by atoms with Crippen LogP contribution in [-0.4, -0.2) is 38.4 Å². The number of carbonyl (C=O) groups excluding carboxylic acids is 1. The number of carbonyl (C=O) groups is 1. The molecule has 2 rings (SSSR count). The molecule has 112 valence electrons. The van der Waals surface area contributed by atoms with Gasteiger partial charge in [0.05, 0.1) is 6.04 Å². The molecule has 0 fully saturated rings. The molecule has 0 bridgehead atoms. The van der Waals surface area contributed by atoms with Gasteiger partial charge in [-0.05, 0) is 24.1 Å². The standard InChI is InChI=1S/C14H19N5O2/c1-19-9-17-18-13(19)6-7-16-14(21)12(15)8-10-2-4-11(20)5-3-10/h2-5,9,12,20H,6-8,15H2,1H3,(H,16,21)/t12-/m1/s1. The van der Waals surface area contributed by atoms with E-state index in [1.54, 1.807) is 30.6 Å². The van der Waals surface area contributed by atoms with Gasteiger partial charge in [-0.15, -0.1) is 10.2 Å². The highest BCUT2D eigenvalue weighted by molar-refractivity contribution is 5.81. The molecule has 0 spiro atoms. The lowest BCUT2D eigenvalue weighted by molar-refractivity contribution is -0.122. The normalized spacial score (nSPS) is 12.1. The lowest BCUT2D eigenvalue weighted by Crippen LogP contribution is -2.42. The minimum absolute atomic E-state index is 0.195. The number of hydrogen-bond acceptors (Lipinski definition) is 5. The average Bonchev–Trinajstić information content (AvgIpc) is 2.87. The van der Waals surface area contributed by atoms with E-state index >= 15 is 0 Å². The maximum absolute atomic E-state index is 11.9. The third kappa shape index (κ3) is 4.28. The van der Waals surface area contributed by atoms with Crippen LogP contribution in [0, 0.1) is 0 Å². The Morgan fingerprint density at radius 1 is 1.43 bits per heavy atom. The molecule has 4 N–H and O–H groups in total. The van der Waals surface area contributed by atoms with Crippen molar-refractivity contribution in [3.8, 4) is 5.75 Å². The van der Waals surface area contributed by atoms with Crippen LogP contribution in [0.4, 0.5) is 0 Å². The first-order chi connectivity index (χ1) is 10.1.